The van der Waals surface area contributed by atoms with Crippen LogP contribution in [-0.2, 0) is 0 Å². The molecule has 1 aromatic heterocycles. The molecule has 0 unspecified atom stereocenters. The summed E-state index contributed by atoms with van der Waals surface area (Å²) in [4.78, 5) is 11.2. The van der Waals surface area contributed by atoms with Crippen LogP contribution in [-0.4, -0.2) is 26.2 Å². The van der Waals surface area contributed by atoms with Crippen molar-refractivity contribution in [2.24, 2.45) is 0 Å². The van der Waals surface area contributed by atoms with Crippen molar-refractivity contribution in [3.63, 3.8) is 0 Å². The van der Waals surface area contributed by atoms with Crippen LogP contribution in [0.15, 0.2) is 48.5 Å². The number of hydrogen-bond acceptors (Lipinski definition) is 5. The molecule has 1 heterocycles. The van der Waals surface area contributed by atoms with Crippen molar-refractivity contribution >= 4 is 5.97 Å². The lowest BCUT2D eigenvalue weighted by Gasteiger charge is -2.11. The molecule has 2 aromatic carbocycles. The molecule has 3 rings (SSSR count). The van der Waals surface area contributed by atoms with Gasteiger partial charge < -0.3 is 9.90 Å². The number of tetrazole rings is 1. The van der Waals surface area contributed by atoms with Gasteiger partial charge in [-0.25, -0.2) is 0 Å². The van der Waals surface area contributed by atoms with E-state index < -0.39 is 5.97 Å². The highest BCUT2D eigenvalue weighted by Gasteiger charge is 2.13. The lowest BCUT2D eigenvalue weighted by molar-refractivity contribution is -0.255. The van der Waals surface area contributed by atoms with Gasteiger partial charge in [0.05, 0.1) is 11.7 Å². The number of benzene rings is 2. The van der Waals surface area contributed by atoms with Crippen LogP contribution in [0.25, 0.3) is 17.1 Å². The Bertz CT molecular complexity index is 793. The van der Waals surface area contributed by atoms with Crippen molar-refractivity contribution in [1.29, 1.82) is 0 Å². The maximum atomic E-state index is 11.2. The third kappa shape index (κ3) is 2.38. The van der Waals surface area contributed by atoms with Crippen LogP contribution >= 0.6 is 0 Å². The zero-order valence-corrected chi connectivity index (χ0v) is 11.2. The van der Waals surface area contributed by atoms with Gasteiger partial charge in [0.15, 0.2) is 5.82 Å². The van der Waals surface area contributed by atoms with E-state index in [1.807, 2.05) is 31.2 Å². The number of aromatic carboxylic acids is 1. The minimum absolute atomic E-state index is 0.0400. The number of carboxylic acids is 1. The van der Waals surface area contributed by atoms with Crippen molar-refractivity contribution in [3.05, 3.63) is 59.7 Å². The number of para-hydroxylation sites is 1. The maximum Gasteiger partial charge on any atom is 0.187 e. The van der Waals surface area contributed by atoms with Gasteiger partial charge in [-0.2, -0.15) is 4.68 Å². The van der Waals surface area contributed by atoms with Gasteiger partial charge in [-0.05, 0) is 23.4 Å². The standard InChI is InChI=1S/C15H12N4O2/c1-10-6-8-11(9-7-10)14-16-17-18-19(14)13-5-3-2-4-12(13)15(20)21/h2-9H,1H3,(H,20,21)/p-1. The van der Waals surface area contributed by atoms with Crippen LogP contribution < -0.4 is 5.11 Å². The number of carboxylic acid groups (broad SMARTS) is 1. The Hall–Kier alpha value is -3.02. The Kier molecular flexibility index (Phi) is 3.19. The summed E-state index contributed by atoms with van der Waals surface area (Å²) in [5.74, 6) is -0.792. The van der Waals surface area contributed by atoms with Crippen molar-refractivity contribution in [2.75, 3.05) is 0 Å². The van der Waals surface area contributed by atoms with E-state index in [4.69, 9.17) is 0 Å². The molecule has 0 saturated heterocycles. The molecule has 6 heteroatoms. The Morgan fingerprint density at radius 1 is 1.10 bits per heavy atom. The predicted molar refractivity (Wildman–Crippen MR) is 73.7 cm³/mol. The molecule has 0 spiro atoms. The number of aryl methyl sites for hydroxylation is 1. The highest BCUT2D eigenvalue weighted by atomic mass is 16.4. The van der Waals surface area contributed by atoms with Crippen molar-refractivity contribution in [2.45, 2.75) is 6.92 Å². The van der Waals surface area contributed by atoms with Crippen molar-refractivity contribution in [3.8, 4) is 17.1 Å². The molecule has 0 atom stereocenters. The van der Waals surface area contributed by atoms with E-state index in [0.29, 0.717) is 11.5 Å². The van der Waals surface area contributed by atoms with Crippen LogP contribution in [0, 0.1) is 6.92 Å². The number of carbonyl (C=O) groups excluding carboxylic acids is 1. The van der Waals surface area contributed by atoms with Gasteiger partial charge in [0.2, 0.25) is 0 Å². The number of nitrogens with zero attached hydrogens (tertiary/aromatic N) is 4. The SMILES string of the molecule is Cc1ccc(-c2nnnn2-c2ccccc2C(=O)[O-])cc1. The molecule has 0 N–H and O–H groups in total. The van der Waals surface area contributed by atoms with Gasteiger partial charge in [-0.15, -0.1) is 5.10 Å². The second-order valence-electron chi connectivity index (χ2n) is 4.58. The van der Waals surface area contributed by atoms with Crippen LogP contribution in [0.4, 0.5) is 0 Å². The van der Waals surface area contributed by atoms with Crippen molar-refractivity contribution < 1.29 is 9.90 Å². The summed E-state index contributed by atoms with van der Waals surface area (Å²) >= 11 is 0. The summed E-state index contributed by atoms with van der Waals surface area (Å²) < 4.78 is 1.40. The molecule has 0 aliphatic carbocycles. The minimum atomic E-state index is -1.27. The Balaban J connectivity index is 2.16. The summed E-state index contributed by atoms with van der Waals surface area (Å²) in [6.45, 7) is 1.98. The molecule has 21 heavy (non-hydrogen) atoms. The number of rotatable bonds is 3. The van der Waals surface area contributed by atoms with E-state index >= 15 is 0 Å². The monoisotopic (exact) mass is 279 g/mol. The van der Waals surface area contributed by atoms with E-state index in [1.165, 1.54) is 10.7 Å². The number of hydrogen-bond donors (Lipinski definition) is 0. The average Bonchev–Trinajstić information content (AvgIpc) is 2.97. The smallest absolute Gasteiger partial charge is 0.187 e. The second kappa shape index (κ2) is 5.16. The van der Waals surface area contributed by atoms with E-state index in [0.717, 1.165) is 11.1 Å². The molecule has 0 aliphatic heterocycles. The zero-order valence-electron chi connectivity index (χ0n) is 11.2. The zero-order chi connectivity index (χ0) is 14.8. The number of carbonyl (C=O) groups is 1. The van der Waals surface area contributed by atoms with Gasteiger partial charge in [0, 0.05) is 11.1 Å². The third-order valence-electron chi connectivity index (χ3n) is 3.13. The second-order valence-corrected chi connectivity index (χ2v) is 4.58. The fraction of sp³-hybridized carbons (Fsp3) is 0.0667. The first-order chi connectivity index (χ1) is 10.2. The van der Waals surface area contributed by atoms with Crippen LogP contribution in [0.1, 0.15) is 15.9 Å². The molecule has 0 saturated carbocycles. The topological polar surface area (TPSA) is 83.7 Å². The molecule has 0 fully saturated rings. The highest BCUT2D eigenvalue weighted by Crippen LogP contribution is 2.21. The summed E-state index contributed by atoms with van der Waals surface area (Å²) in [5.41, 5.74) is 2.34. The molecule has 6 nitrogen and oxygen atoms in total. The Morgan fingerprint density at radius 3 is 2.52 bits per heavy atom. The minimum Gasteiger partial charge on any atom is -0.545 e. The first-order valence-electron chi connectivity index (χ1n) is 6.33. The van der Waals surface area contributed by atoms with Crippen molar-refractivity contribution in [1.82, 2.24) is 20.2 Å². The summed E-state index contributed by atoms with van der Waals surface area (Å²) in [7, 11) is 0. The summed E-state index contributed by atoms with van der Waals surface area (Å²) in [5, 5.41) is 22.7. The van der Waals surface area contributed by atoms with Crippen LogP contribution in [0.3, 0.4) is 0 Å². The number of aromatic nitrogens is 4. The largest absolute Gasteiger partial charge is 0.545 e. The fourth-order valence-electron chi connectivity index (χ4n) is 2.06. The molecule has 0 bridgehead atoms. The summed E-state index contributed by atoms with van der Waals surface area (Å²) in [6.07, 6.45) is 0. The molecular weight excluding hydrogens is 268 g/mol. The third-order valence-corrected chi connectivity index (χ3v) is 3.13. The van der Waals surface area contributed by atoms with Gasteiger partial charge in [0.1, 0.15) is 0 Å². The van der Waals surface area contributed by atoms with Gasteiger partial charge in [-0.1, -0.05) is 48.0 Å². The van der Waals surface area contributed by atoms with Crippen LogP contribution in [0.5, 0.6) is 0 Å². The van der Waals surface area contributed by atoms with E-state index in [2.05, 4.69) is 15.5 Å². The quantitative estimate of drug-likeness (QED) is 0.714. The first kappa shape index (κ1) is 13.0. The van der Waals surface area contributed by atoms with Crippen LogP contribution in [0.2, 0.25) is 0 Å². The maximum absolute atomic E-state index is 11.2. The predicted octanol–water partition coefficient (Wildman–Crippen LogP) is 1.00. The van der Waals surface area contributed by atoms with Gasteiger partial charge in [0.25, 0.3) is 0 Å². The molecule has 0 aliphatic rings. The lowest BCUT2D eigenvalue weighted by Crippen LogP contribution is -2.24. The van der Waals surface area contributed by atoms with E-state index in [1.54, 1.807) is 18.2 Å². The van der Waals surface area contributed by atoms with E-state index in [-0.39, 0.29) is 5.56 Å². The molecule has 0 amide bonds. The Morgan fingerprint density at radius 2 is 1.81 bits per heavy atom. The average molecular weight is 279 g/mol. The summed E-state index contributed by atoms with van der Waals surface area (Å²) in [6, 6.07) is 14.1. The lowest BCUT2D eigenvalue weighted by atomic mass is 10.1. The fourth-order valence-corrected chi connectivity index (χ4v) is 2.06. The first-order valence-corrected chi connectivity index (χ1v) is 6.33. The van der Waals surface area contributed by atoms with E-state index in [9.17, 15) is 9.90 Å². The molecular formula is C15H11N4O2-. The molecule has 104 valence electrons. The molecule has 0 radical (unpaired) electrons. The van der Waals surface area contributed by atoms with Gasteiger partial charge in [-0.3, -0.25) is 0 Å². The molecule has 3 aromatic rings. The van der Waals surface area contributed by atoms with Gasteiger partial charge >= 0.3 is 0 Å². The Labute approximate surface area is 120 Å². The highest BCUT2D eigenvalue weighted by molar-refractivity contribution is 5.90. The normalized spacial score (nSPS) is 10.5.